The fourth-order valence-electron chi connectivity index (χ4n) is 7.69. The van der Waals surface area contributed by atoms with Crippen molar-refractivity contribution in [2.75, 3.05) is 27.4 Å². The second-order valence-electron chi connectivity index (χ2n) is 15.9. The van der Waals surface area contributed by atoms with Gasteiger partial charge >= 0.3 is 5.97 Å². The molecule has 0 spiro atoms. The van der Waals surface area contributed by atoms with Crippen LogP contribution in [0.15, 0.2) is 63.8 Å². The molecule has 24 nitrogen and oxygen atoms in total. The normalized spacial score (nSPS) is 31.9. The molecule has 15 atom stereocenters. The second kappa shape index (κ2) is 20.8. The number of methoxy groups -OCH3 is 2. The minimum Gasteiger partial charge on any atom is -0.508 e. The Bertz CT molecular complexity index is 2470. The highest BCUT2D eigenvalue weighted by atomic mass is 16.8. The predicted molar refractivity (Wildman–Crippen MR) is 225 cm³/mol. The van der Waals surface area contributed by atoms with Crippen LogP contribution in [0.1, 0.15) is 12.5 Å². The molecular weight excluding hydrogens is 912 g/mol. The van der Waals surface area contributed by atoms with Crippen molar-refractivity contribution in [1.82, 2.24) is 0 Å². The number of fused-ring (bicyclic) bond motifs is 1. The SMILES string of the molecule is COc1cc(/C=C/C(=O)O[C@H]2[C@H](O[C@H]3[C@H](Oc4c(-c5ccc(O)cc5)oc5cc(O[C@@H]6O[C@@H](C)[C@H](O)[C@@H](O)[C@H]6O)cc(O)c5c4=O)O[C@H](CO)[C@@H](O)[C@@H]3O)O[C@H](CO)[C@@H](O)[C@@H]2O)cc(OC)c1O. The lowest BCUT2D eigenvalue weighted by molar-refractivity contribution is -0.358. The van der Waals surface area contributed by atoms with E-state index in [-0.39, 0.29) is 45.5 Å². The van der Waals surface area contributed by atoms with Crippen LogP contribution in [-0.4, -0.2) is 187 Å². The van der Waals surface area contributed by atoms with E-state index in [9.17, 15) is 70.9 Å². The minimum atomic E-state index is -2.11. The number of carbonyl (C=O) groups excluding carboxylic acids is 1. The third kappa shape index (κ3) is 9.99. The highest BCUT2D eigenvalue weighted by Gasteiger charge is 2.53. The lowest BCUT2D eigenvalue weighted by atomic mass is 9.97. The number of phenolic OH excluding ortho intramolecular Hbond substituents is 3. The molecule has 12 N–H and O–H groups in total. The molecule has 0 radical (unpaired) electrons. The summed E-state index contributed by atoms with van der Waals surface area (Å²) in [6.45, 7) is -0.453. The Morgan fingerprint density at radius 1 is 0.691 bits per heavy atom. The van der Waals surface area contributed by atoms with Gasteiger partial charge in [0.25, 0.3) is 0 Å². The summed E-state index contributed by atoms with van der Waals surface area (Å²) < 4.78 is 56.7. The van der Waals surface area contributed by atoms with Gasteiger partial charge in [0.05, 0.1) is 33.5 Å². The lowest BCUT2D eigenvalue weighted by Gasteiger charge is -2.46. The maximum atomic E-state index is 14.5. The topological polar surface area (TPSA) is 373 Å². The third-order valence-electron chi connectivity index (χ3n) is 11.4. The zero-order valence-corrected chi connectivity index (χ0v) is 36.1. The van der Waals surface area contributed by atoms with Crippen LogP contribution in [0.25, 0.3) is 28.4 Å². The number of hydrogen-bond acceptors (Lipinski definition) is 24. The molecule has 24 heteroatoms. The summed E-state index contributed by atoms with van der Waals surface area (Å²) in [7, 11) is 2.57. The first-order chi connectivity index (χ1) is 32.4. The van der Waals surface area contributed by atoms with Gasteiger partial charge in [-0.05, 0) is 55.0 Å². The van der Waals surface area contributed by atoms with Crippen molar-refractivity contribution in [3.63, 3.8) is 0 Å². The van der Waals surface area contributed by atoms with Crippen LogP contribution in [0.4, 0.5) is 0 Å². The molecule has 3 fully saturated rings. The molecule has 4 heterocycles. The number of ether oxygens (including phenoxy) is 9. The van der Waals surface area contributed by atoms with Gasteiger partial charge in [0, 0.05) is 23.8 Å². The Hall–Kier alpha value is -5.84. The number of hydrogen-bond donors (Lipinski definition) is 12. The average molecular weight is 963 g/mol. The number of aliphatic hydroxyl groups excluding tert-OH is 9. The third-order valence-corrected chi connectivity index (χ3v) is 11.4. The quantitative estimate of drug-likeness (QED) is 0.0483. The highest BCUT2D eigenvalue weighted by Crippen LogP contribution is 2.40. The van der Waals surface area contributed by atoms with E-state index in [4.69, 9.17) is 47.0 Å². The van der Waals surface area contributed by atoms with Gasteiger partial charge in [-0.3, -0.25) is 4.79 Å². The standard InChI is InChI=1S/C44H50O24/c1-16-29(50)34(55)37(58)42(61-16)62-20-12-21(48)28-22(13-20)63-38(18-5-7-19(47)8-6-18)39(33(28)54)67-44-41(36(57)32(53)26(15-46)65-44)68-43-40(35(56)31(52)25(14-45)64-43)66-27(49)9-4-17-10-23(59-2)30(51)24(11-17)60-3/h4-13,16,25-26,29,31-32,34-37,40-48,50-53,55-58H,14-15H2,1-3H3/b9-4+/t16-,25+,26+,29-,31+,32+,34+,35-,36-,37+,40+,41+,42-,43-,44-/m0/s1. The number of aliphatic hydroxyl groups is 9. The van der Waals surface area contributed by atoms with Gasteiger partial charge in [-0.15, -0.1) is 0 Å². The summed E-state index contributed by atoms with van der Waals surface area (Å²) in [6.07, 6.45) is -24.7. The monoisotopic (exact) mass is 962 g/mol. The van der Waals surface area contributed by atoms with Gasteiger partial charge in [-0.1, -0.05) is 0 Å². The van der Waals surface area contributed by atoms with Crippen molar-refractivity contribution < 1.29 is 113 Å². The van der Waals surface area contributed by atoms with Crippen molar-refractivity contribution >= 4 is 23.0 Å². The van der Waals surface area contributed by atoms with Crippen LogP contribution in [-0.2, 0) is 28.5 Å². The van der Waals surface area contributed by atoms with Crippen molar-refractivity contribution in [2.45, 2.75) is 99.0 Å². The lowest BCUT2D eigenvalue weighted by Crippen LogP contribution is -2.65. The summed E-state index contributed by atoms with van der Waals surface area (Å²) in [6, 6.07) is 9.83. The van der Waals surface area contributed by atoms with Crippen LogP contribution in [0.3, 0.4) is 0 Å². The Kier molecular flexibility index (Phi) is 15.3. The maximum Gasteiger partial charge on any atom is 0.331 e. The van der Waals surface area contributed by atoms with Crippen molar-refractivity contribution in [3.8, 4) is 51.6 Å². The fraction of sp³-hybridized carbons (Fsp3) is 0.455. The van der Waals surface area contributed by atoms with Crippen LogP contribution in [0.2, 0.25) is 0 Å². The maximum absolute atomic E-state index is 14.5. The largest absolute Gasteiger partial charge is 0.508 e. The van der Waals surface area contributed by atoms with E-state index in [0.29, 0.717) is 0 Å². The molecule has 0 aliphatic carbocycles. The summed E-state index contributed by atoms with van der Waals surface area (Å²) in [5.41, 5.74) is -1.15. The van der Waals surface area contributed by atoms with E-state index >= 15 is 0 Å². The van der Waals surface area contributed by atoms with Crippen molar-refractivity contribution in [3.05, 3.63) is 70.4 Å². The molecule has 4 aromatic rings. The minimum absolute atomic E-state index is 0.00498. The second-order valence-corrected chi connectivity index (χ2v) is 15.9. The molecule has 0 unspecified atom stereocenters. The molecule has 0 saturated carbocycles. The first-order valence-corrected chi connectivity index (χ1v) is 20.8. The van der Waals surface area contributed by atoms with Gasteiger partial charge in [0.15, 0.2) is 35.8 Å². The number of benzene rings is 3. The number of phenols is 3. The summed E-state index contributed by atoms with van der Waals surface area (Å²) in [5.74, 6) is -3.92. The van der Waals surface area contributed by atoms with Crippen molar-refractivity contribution in [1.29, 1.82) is 0 Å². The summed E-state index contributed by atoms with van der Waals surface area (Å²) in [5, 5.41) is 127. The Morgan fingerprint density at radius 3 is 1.90 bits per heavy atom. The zero-order valence-electron chi connectivity index (χ0n) is 36.1. The van der Waals surface area contributed by atoms with Gasteiger partial charge in [-0.25, -0.2) is 4.79 Å². The number of rotatable bonds is 14. The molecule has 7 rings (SSSR count). The van der Waals surface area contributed by atoms with E-state index in [1.807, 2.05) is 0 Å². The molecule has 0 amide bonds. The molecule has 370 valence electrons. The number of esters is 1. The summed E-state index contributed by atoms with van der Waals surface area (Å²) in [4.78, 5) is 27.8. The summed E-state index contributed by atoms with van der Waals surface area (Å²) >= 11 is 0. The van der Waals surface area contributed by atoms with Crippen LogP contribution >= 0.6 is 0 Å². The van der Waals surface area contributed by atoms with E-state index in [1.165, 1.54) is 63.6 Å². The van der Waals surface area contributed by atoms with Gasteiger partial charge in [0.2, 0.25) is 29.5 Å². The van der Waals surface area contributed by atoms with Crippen LogP contribution < -0.4 is 24.4 Å². The fourth-order valence-corrected chi connectivity index (χ4v) is 7.69. The molecule has 3 aliphatic rings. The van der Waals surface area contributed by atoms with Gasteiger partial charge < -0.3 is 108 Å². The molecule has 3 saturated heterocycles. The Balaban J connectivity index is 1.24. The van der Waals surface area contributed by atoms with Gasteiger partial charge in [-0.2, -0.15) is 0 Å². The van der Waals surface area contributed by atoms with Gasteiger partial charge in [0.1, 0.15) is 83.2 Å². The smallest absolute Gasteiger partial charge is 0.331 e. The van der Waals surface area contributed by atoms with E-state index in [2.05, 4.69) is 0 Å². The predicted octanol–water partition coefficient (Wildman–Crippen LogP) is -1.93. The molecule has 1 aromatic heterocycles. The van der Waals surface area contributed by atoms with E-state index in [0.717, 1.165) is 18.2 Å². The first-order valence-electron chi connectivity index (χ1n) is 20.8. The van der Waals surface area contributed by atoms with Crippen molar-refractivity contribution in [2.24, 2.45) is 0 Å². The molecule has 68 heavy (non-hydrogen) atoms. The number of aromatic hydroxyl groups is 3. The molecule has 3 aromatic carbocycles. The Morgan fingerprint density at radius 2 is 1.29 bits per heavy atom. The first kappa shape index (κ1) is 50.0. The molecule has 3 aliphatic heterocycles. The highest BCUT2D eigenvalue weighted by molar-refractivity contribution is 5.89. The average Bonchev–Trinajstić information content (AvgIpc) is 3.32. The number of carbonyl (C=O) groups is 1. The van der Waals surface area contributed by atoms with E-state index < -0.39 is 139 Å². The Labute approximate surface area is 384 Å². The molecular formula is C44H50O24. The van der Waals surface area contributed by atoms with E-state index in [1.54, 1.807) is 0 Å². The van der Waals surface area contributed by atoms with Crippen LogP contribution in [0.5, 0.6) is 40.2 Å². The van der Waals surface area contributed by atoms with Crippen LogP contribution in [0, 0.1) is 0 Å². The molecule has 0 bridgehead atoms. The zero-order chi connectivity index (χ0) is 49.3.